The first kappa shape index (κ1) is 22.0. The number of methoxy groups -OCH3 is 1. The molecule has 0 amide bonds. The van der Waals surface area contributed by atoms with Gasteiger partial charge in [0.2, 0.25) is 0 Å². The number of nitrogens with zero attached hydrogens (tertiary/aromatic N) is 1. The Morgan fingerprint density at radius 2 is 1.79 bits per heavy atom. The molecule has 0 aliphatic carbocycles. The lowest BCUT2D eigenvalue weighted by atomic mass is 10.2. The first-order chi connectivity index (χ1) is 14.0. The second kappa shape index (κ2) is 10.4. The van der Waals surface area contributed by atoms with Gasteiger partial charge >= 0.3 is 0 Å². The quantitative estimate of drug-likeness (QED) is 0.374. The van der Waals surface area contributed by atoms with Gasteiger partial charge in [0.15, 0.2) is 0 Å². The van der Waals surface area contributed by atoms with E-state index in [1.165, 1.54) is 15.6 Å². The average molecular weight is 496 g/mol. The van der Waals surface area contributed by atoms with Crippen molar-refractivity contribution in [2.75, 3.05) is 20.3 Å². The topological polar surface area (TPSA) is 55.8 Å². The molecular weight excluding hydrogens is 474 g/mol. The van der Waals surface area contributed by atoms with Gasteiger partial charge in [-0.25, -0.2) is 8.42 Å². The number of hydrogen-bond acceptors (Lipinski definition) is 5. The Kier molecular flexibility index (Phi) is 7.85. The fourth-order valence-corrected chi connectivity index (χ4v) is 5.66. The van der Waals surface area contributed by atoms with Gasteiger partial charge in [-0.15, -0.1) is 11.3 Å². The minimum absolute atomic E-state index is 0.199. The van der Waals surface area contributed by atoms with E-state index in [9.17, 15) is 8.42 Å². The van der Waals surface area contributed by atoms with E-state index in [2.05, 4.69) is 15.9 Å². The van der Waals surface area contributed by atoms with Crippen LogP contribution in [0.5, 0.6) is 5.75 Å². The molecule has 0 saturated carbocycles. The van der Waals surface area contributed by atoms with E-state index in [-0.39, 0.29) is 13.1 Å². The van der Waals surface area contributed by atoms with E-state index in [0.29, 0.717) is 23.2 Å². The van der Waals surface area contributed by atoms with Crippen molar-refractivity contribution in [3.8, 4) is 5.75 Å². The third-order valence-corrected chi connectivity index (χ3v) is 7.87. The normalized spacial score (nSPS) is 11.7. The Morgan fingerprint density at radius 1 is 1.00 bits per heavy atom. The Balaban J connectivity index is 1.93. The molecule has 0 saturated heterocycles. The van der Waals surface area contributed by atoms with Crippen molar-refractivity contribution in [3.63, 3.8) is 0 Å². The SMILES string of the molecule is COCCOc1cc(Br)ccc1CN(Cc1ccccc1)S(=O)(=O)c1cccs1. The number of benzene rings is 2. The van der Waals surface area contributed by atoms with Crippen LogP contribution in [0.4, 0.5) is 0 Å². The summed E-state index contributed by atoms with van der Waals surface area (Å²) in [6.07, 6.45) is 0. The molecule has 0 aliphatic rings. The molecule has 0 fully saturated rings. The van der Waals surface area contributed by atoms with Crippen LogP contribution in [0.15, 0.2) is 74.7 Å². The zero-order chi connectivity index (χ0) is 20.7. The molecule has 1 aromatic heterocycles. The van der Waals surface area contributed by atoms with Crippen LogP contribution < -0.4 is 4.74 Å². The Morgan fingerprint density at radius 3 is 2.48 bits per heavy atom. The molecule has 0 aliphatic heterocycles. The third-order valence-electron chi connectivity index (χ3n) is 4.21. The standard InChI is InChI=1S/C21H22BrNO4S2/c1-26-11-12-27-20-14-19(22)10-9-18(20)16-23(15-17-6-3-2-4-7-17)29(24,25)21-8-5-13-28-21/h2-10,13-14H,11-12,15-16H2,1H3. The molecule has 0 spiro atoms. The molecule has 0 radical (unpaired) electrons. The molecule has 8 heteroatoms. The van der Waals surface area contributed by atoms with Crippen LogP contribution in [-0.4, -0.2) is 33.0 Å². The molecule has 154 valence electrons. The zero-order valence-corrected chi connectivity index (χ0v) is 19.2. The first-order valence-electron chi connectivity index (χ1n) is 8.98. The summed E-state index contributed by atoms with van der Waals surface area (Å²) in [5.41, 5.74) is 1.71. The average Bonchev–Trinajstić information content (AvgIpc) is 3.26. The highest BCUT2D eigenvalue weighted by Gasteiger charge is 2.27. The number of hydrogen-bond donors (Lipinski definition) is 0. The number of rotatable bonds is 10. The van der Waals surface area contributed by atoms with Gasteiger partial charge in [0, 0.05) is 30.2 Å². The molecule has 1 heterocycles. The van der Waals surface area contributed by atoms with Crippen molar-refractivity contribution in [2.45, 2.75) is 17.3 Å². The van der Waals surface area contributed by atoms with Gasteiger partial charge in [-0.1, -0.05) is 58.4 Å². The largest absolute Gasteiger partial charge is 0.491 e. The molecule has 29 heavy (non-hydrogen) atoms. The molecule has 3 aromatic rings. The van der Waals surface area contributed by atoms with Gasteiger partial charge < -0.3 is 9.47 Å². The number of ether oxygens (including phenoxy) is 2. The number of halogens is 1. The van der Waals surface area contributed by atoms with Crippen LogP contribution in [-0.2, 0) is 27.8 Å². The highest BCUT2D eigenvalue weighted by atomic mass is 79.9. The van der Waals surface area contributed by atoms with Crippen molar-refractivity contribution in [1.82, 2.24) is 4.31 Å². The van der Waals surface area contributed by atoms with Crippen LogP contribution in [0.3, 0.4) is 0 Å². The highest BCUT2D eigenvalue weighted by Crippen LogP contribution is 2.29. The Hall–Kier alpha value is -1.71. The van der Waals surface area contributed by atoms with Crippen LogP contribution in [0, 0.1) is 0 Å². The van der Waals surface area contributed by atoms with Gasteiger partial charge in [-0.2, -0.15) is 4.31 Å². The summed E-state index contributed by atoms with van der Waals surface area (Å²) in [6, 6.07) is 18.6. The maximum Gasteiger partial charge on any atom is 0.253 e. The maximum atomic E-state index is 13.3. The van der Waals surface area contributed by atoms with Gasteiger partial charge in [0.25, 0.3) is 10.0 Å². The van der Waals surface area contributed by atoms with Crippen LogP contribution >= 0.6 is 27.3 Å². The van der Waals surface area contributed by atoms with E-state index in [1.54, 1.807) is 24.6 Å². The summed E-state index contributed by atoms with van der Waals surface area (Å²) in [5.74, 6) is 0.635. The lowest BCUT2D eigenvalue weighted by molar-refractivity contribution is 0.145. The van der Waals surface area contributed by atoms with E-state index in [4.69, 9.17) is 9.47 Å². The number of sulfonamides is 1. The molecule has 0 N–H and O–H groups in total. The Labute approximate surface area is 184 Å². The van der Waals surface area contributed by atoms with Crippen molar-refractivity contribution >= 4 is 37.3 Å². The van der Waals surface area contributed by atoms with Gasteiger partial charge in [-0.05, 0) is 29.1 Å². The van der Waals surface area contributed by atoms with E-state index < -0.39 is 10.0 Å². The van der Waals surface area contributed by atoms with Crippen molar-refractivity contribution in [2.24, 2.45) is 0 Å². The van der Waals surface area contributed by atoms with Gasteiger partial charge in [0.05, 0.1) is 6.61 Å². The summed E-state index contributed by atoms with van der Waals surface area (Å²) < 4.78 is 40.2. The van der Waals surface area contributed by atoms with E-state index in [1.807, 2.05) is 48.5 Å². The first-order valence-corrected chi connectivity index (χ1v) is 12.1. The lowest BCUT2D eigenvalue weighted by Gasteiger charge is -2.23. The van der Waals surface area contributed by atoms with Crippen LogP contribution in [0.2, 0.25) is 0 Å². The van der Waals surface area contributed by atoms with Crippen LogP contribution in [0.25, 0.3) is 0 Å². The summed E-state index contributed by atoms with van der Waals surface area (Å²) in [4.78, 5) is 0. The molecule has 5 nitrogen and oxygen atoms in total. The predicted octanol–water partition coefficient (Wildman–Crippen LogP) is 4.93. The molecular formula is C21H22BrNO4S2. The van der Waals surface area contributed by atoms with E-state index in [0.717, 1.165) is 15.6 Å². The summed E-state index contributed by atoms with van der Waals surface area (Å²) >= 11 is 4.67. The van der Waals surface area contributed by atoms with Gasteiger partial charge in [0.1, 0.15) is 16.6 Å². The fourth-order valence-electron chi connectivity index (χ4n) is 2.77. The summed E-state index contributed by atoms with van der Waals surface area (Å²) in [7, 11) is -2.03. The summed E-state index contributed by atoms with van der Waals surface area (Å²) in [5, 5.41) is 1.77. The predicted molar refractivity (Wildman–Crippen MR) is 119 cm³/mol. The minimum Gasteiger partial charge on any atom is -0.491 e. The second-order valence-corrected chi connectivity index (χ2v) is 10.3. The fraction of sp³-hybridized carbons (Fsp3) is 0.238. The highest BCUT2D eigenvalue weighted by molar-refractivity contribution is 9.10. The zero-order valence-electron chi connectivity index (χ0n) is 16.0. The summed E-state index contributed by atoms with van der Waals surface area (Å²) in [6.45, 7) is 1.31. The molecule has 3 rings (SSSR count). The molecule has 2 aromatic carbocycles. The Bertz CT molecular complexity index is 1010. The third kappa shape index (κ3) is 5.90. The second-order valence-electron chi connectivity index (χ2n) is 6.28. The molecule has 0 atom stereocenters. The number of thiophene rings is 1. The molecule has 0 unspecified atom stereocenters. The van der Waals surface area contributed by atoms with Crippen LogP contribution in [0.1, 0.15) is 11.1 Å². The monoisotopic (exact) mass is 495 g/mol. The molecule has 0 bridgehead atoms. The van der Waals surface area contributed by atoms with Crippen molar-refractivity contribution in [3.05, 3.63) is 81.6 Å². The van der Waals surface area contributed by atoms with Crippen molar-refractivity contribution < 1.29 is 17.9 Å². The lowest BCUT2D eigenvalue weighted by Crippen LogP contribution is -2.30. The smallest absolute Gasteiger partial charge is 0.253 e. The van der Waals surface area contributed by atoms with E-state index >= 15 is 0 Å². The maximum absolute atomic E-state index is 13.3. The van der Waals surface area contributed by atoms with Crippen molar-refractivity contribution in [1.29, 1.82) is 0 Å². The minimum atomic E-state index is -3.65. The van der Waals surface area contributed by atoms with Gasteiger partial charge in [-0.3, -0.25) is 0 Å².